The largest absolute Gasteiger partial charge is 0.285 e. The van der Waals surface area contributed by atoms with Crippen molar-refractivity contribution in [1.29, 1.82) is 0 Å². The molecule has 1 rings (SSSR count). The number of carbonyl (C=O) groups is 1. The van der Waals surface area contributed by atoms with Gasteiger partial charge in [-0.2, -0.15) is 0 Å². The van der Waals surface area contributed by atoms with E-state index in [1.165, 1.54) is 0 Å². The van der Waals surface area contributed by atoms with Crippen LogP contribution in [-0.2, 0) is 0 Å². The van der Waals surface area contributed by atoms with Crippen LogP contribution < -0.4 is 5.43 Å². The number of nitrogens with zero attached hydrogens (tertiary/aromatic N) is 1. The third kappa shape index (κ3) is 5.32. The van der Waals surface area contributed by atoms with Crippen molar-refractivity contribution >= 4 is 5.91 Å². The number of benzene rings is 1. The molecule has 0 saturated carbocycles. The van der Waals surface area contributed by atoms with Crippen LogP contribution >= 0.6 is 0 Å². The Labute approximate surface area is 110 Å². The van der Waals surface area contributed by atoms with Crippen molar-refractivity contribution in [1.82, 2.24) is 10.4 Å². The van der Waals surface area contributed by atoms with E-state index >= 15 is 0 Å². The van der Waals surface area contributed by atoms with E-state index in [1.54, 1.807) is 12.1 Å². The van der Waals surface area contributed by atoms with Crippen molar-refractivity contribution < 1.29 is 4.79 Å². The number of hydrogen-bond acceptors (Lipinski definition) is 2. The predicted molar refractivity (Wildman–Crippen MR) is 74.1 cm³/mol. The summed E-state index contributed by atoms with van der Waals surface area (Å²) < 4.78 is 0. The van der Waals surface area contributed by atoms with E-state index < -0.39 is 0 Å². The second kappa shape index (κ2) is 8.70. The van der Waals surface area contributed by atoms with Crippen molar-refractivity contribution in [2.24, 2.45) is 0 Å². The molecule has 0 aliphatic carbocycles. The highest BCUT2D eigenvalue weighted by Gasteiger charge is 2.10. The van der Waals surface area contributed by atoms with Gasteiger partial charge in [0, 0.05) is 18.7 Å². The summed E-state index contributed by atoms with van der Waals surface area (Å²) in [7, 11) is 0. The zero-order valence-corrected chi connectivity index (χ0v) is 11.4. The van der Waals surface area contributed by atoms with Gasteiger partial charge in [-0.15, -0.1) is 0 Å². The van der Waals surface area contributed by atoms with Gasteiger partial charge in [0.15, 0.2) is 0 Å². The van der Waals surface area contributed by atoms with Crippen LogP contribution in [0.2, 0.25) is 0 Å². The van der Waals surface area contributed by atoms with E-state index in [1.807, 2.05) is 17.1 Å². The SMILES string of the molecule is CCCCN(CCCC)NC(=O)c1[c]cccc1. The van der Waals surface area contributed by atoms with E-state index in [0.717, 1.165) is 38.8 Å². The number of carbonyl (C=O) groups excluding carboxylic acids is 1. The minimum atomic E-state index is -0.0668. The summed E-state index contributed by atoms with van der Waals surface area (Å²) in [6, 6.07) is 10.2. The number of unbranched alkanes of at least 4 members (excludes halogenated alkanes) is 2. The first-order chi connectivity index (χ1) is 8.77. The molecule has 0 aliphatic heterocycles. The Morgan fingerprint density at radius 2 is 1.89 bits per heavy atom. The van der Waals surface area contributed by atoms with Gasteiger partial charge in [0.25, 0.3) is 5.91 Å². The van der Waals surface area contributed by atoms with Crippen molar-refractivity contribution in [2.45, 2.75) is 39.5 Å². The summed E-state index contributed by atoms with van der Waals surface area (Å²) in [5, 5.41) is 2.02. The summed E-state index contributed by atoms with van der Waals surface area (Å²) in [6.45, 7) is 6.14. The topological polar surface area (TPSA) is 32.3 Å². The van der Waals surface area contributed by atoms with Gasteiger partial charge in [0.05, 0.1) is 0 Å². The molecule has 0 spiro atoms. The van der Waals surface area contributed by atoms with Gasteiger partial charge in [-0.1, -0.05) is 44.9 Å². The van der Waals surface area contributed by atoms with E-state index in [9.17, 15) is 4.79 Å². The monoisotopic (exact) mass is 247 g/mol. The average molecular weight is 247 g/mol. The Morgan fingerprint density at radius 3 is 2.39 bits per heavy atom. The summed E-state index contributed by atoms with van der Waals surface area (Å²) in [5.74, 6) is -0.0668. The lowest BCUT2D eigenvalue weighted by molar-refractivity contribution is 0.0782. The molecule has 0 aliphatic rings. The molecule has 1 amide bonds. The maximum absolute atomic E-state index is 12.0. The fourth-order valence-electron chi connectivity index (χ4n) is 1.66. The predicted octanol–water partition coefficient (Wildman–Crippen LogP) is 3.03. The second-order valence-corrected chi connectivity index (χ2v) is 4.41. The molecule has 0 saturated heterocycles. The molecule has 0 heterocycles. The van der Waals surface area contributed by atoms with Gasteiger partial charge in [-0.05, 0) is 25.0 Å². The highest BCUT2D eigenvalue weighted by atomic mass is 16.2. The molecule has 0 aromatic heterocycles. The van der Waals surface area contributed by atoms with Crippen LogP contribution in [0.3, 0.4) is 0 Å². The summed E-state index contributed by atoms with van der Waals surface area (Å²) in [6.07, 6.45) is 4.47. The molecule has 0 unspecified atom stereocenters. The van der Waals surface area contributed by atoms with Crippen LogP contribution in [0.4, 0.5) is 0 Å². The molecule has 0 atom stereocenters. The maximum Gasteiger partial charge on any atom is 0.266 e. The van der Waals surface area contributed by atoms with Crippen LogP contribution in [0.25, 0.3) is 0 Å². The van der Waals surface area contributed by atoms with Gasteiger partial charge >= 0.3 is 0 Å². The molecular weight excluding hydrogens is 224 g/mol. The quantitative estimate of drug-likeness (QED) is 0.716. The molecule has 0 fully saturated rings. The van der Waals surface area contributed by atoms with Gasteiger partial charge in [0.2, 0.25) is 0 Å². The minimum Gasteiger partial charge on any atom is -0.285 e. The fraction of sp³-hybridized carbons (Fsp3) is 0.533. The second-order valence-electron chi connectivity index (χ2n) is 4.41. The number of amides is 1. The van der Waals surface area contributed by atoms with Crippen molar-refractivity contribution in [3.8, 4) is 0 Å². The van der Waals surface area contributed by atoms with Crippen molar-refractivity contribution in [3.05, 3.63) is 35.9 Å². The molecule has 18 heavy (non-hydrogen) atoms. The molecule has 0 bridgehead atoms. The lowest BCUT2D eigenvalue weighted by Crippen LogP contribution is -2.43. The van der Waals surface area contributed by atoms with Crippen molar-refractivity contribution in [2.75, 3.05) is 13.1 Å². The molecular formula is C15H23N2O. The first-order valence-electron chi connectivity index (χ1n) is 6.80. The van der Waals surface area contributed by atoms with Gasteiger partial charge < -0.3 is 0 Å². The normalized spacial score (nSPS) is 10.6. The van der Waals surface area contributed by atoms with E-state index in [0.29, 0.717) is 5.56 Å². The first-order valence-corrected chi connectivity index (χ1v) is 6.80. The van der Waals surface area contributed by atoms with Crippen molar-refractivity contribution in [3.63, 3.8) is 0 Å². The standard InChI is InChI=1S/C15H23N2O/c1-3-5-12-17(13-6-4-2)16-15(18)14-10-8-7-9-11-14/h7-10H,3-6,12-13H2,1-2H3,(H,16,18). The van der Waals surface area contributed by atoms with Crippen LogP contribution in [0.1, 0.15) is 49.9 Å². The highest BCUT2D eigenvalue weighted by molar-refractivity contribution is 5.93. The lowest BCUT2D eigenvalue weighted by atomic mass is 10.2. The summed E-state index contributed by atoms with van der Waals surface area (Å²) >= 11 is 0. The van der Waals surface area contributed by atoms with E-state index in [2.05, 4.69) is 25.3 Å². The third-order valence-corrected chi connectivity index (χ3v) is 2.78. The highest BCUT2D eigenvalue weighted by Crippen LogP contribution is 2.00. The van der Waals surface area contributed by atoms with Crippen LogP contribution in [0, 0.1) is 6.07 Å². The Bertz CT molecular complexity index is 330. The molecule has 1 aromatic rings. The minimum absolute atomic E-state index is 0.0668. The number of rotatable bonds is 8. The molecule has 99 valence electrons. The summed E-state index contributed by atoms with van der Waals surface area (Å²) in [4.78, 5) is 12.0. The molecule has 3 heteroatoms. The number of hydrazine groups is 1. The maximum atomic E-state index is 12.0. The molecule has 1 N–H and O–H groups in total. The third-order valence-electron chi connectivity index (χ3n) is 2.78. The Balaban J connectivity index is 2.50. The average Bonchev–Trinajstić information content (AvgIpc) is 2.42. The Morgan fingerprint density at radius 1 is 1.22 bits per heavy atom. The summed E-state index contributed by atoms with van der Waals surface area (Å²) in [5.41, 5.74) is 3.56. The lowest BCUT2D eigenvalue weighted by Gasteiger charge is -2.22. The van der Waals surface area contributed by atoms with E-state index in [-0.39, 0.29) is 5.91 Å². The molecule has 1 aromatic carbocycles. The van der Waals surface area contributed by atoms with Gasteiger partial charge in [-0.25, -0.2) is 5.01 Å². The molecule has 3 nitrogen and oxygen atoms in total. The fourth-order valence-corrected chi connectivity index (χ4v) is 1.66. The Kier molecular flexibility index (Phi) is 7.11. The van der Waals surface area contributed by atoms with Crippen LogP contribution in [-0.4, -0.2) is 24.0 Å². The van der Waals surface area contributed by atoms with Gasteiger partial charge in [-0.3, -0.25) is 10.2 Å². The zero-order chi connectivity index (χ0) is 13.2. The van der Waals surface area contributed by atoms with E-state index in [4.69, 9.17) is 0 Å². The first kappa shape index (κ1) is 14.7. The van der Waals surface area contributed by atoms with Crippen LogP contribution in [0.15, 0.2) is 24.3 Å². The number of hydrogen-bond donors (Lipinski definition) is 1. The van der Waals surface area contributed by atoms with Crippen LogP contribution in [0.5, 0.6) is 0 Å². The zero-order valence-electron chi connectivity index (χ0n) is 11.4. The number of nitrogens with one attached hydrogen (secondary N) is 1. The van der Waals surface area contributed by atoms with Gasteiger partial charge in [0.1, 0.15) is 0 Å². The molecule has 1 radical (unpaired) electrons. The Hall–Kier alpha value is -1.35. The smallest absolute Gasteiger partial charge is 0.266 e.